The molecule has 1 N–H and O–H groups in total. The Morgan fingerprint density at radius 3 is 1.08 bits per heavy atom. The van der Waals surface area contributed by atoms with Gasteiger partial charge in [-0.05, 0) is 69.9 Å². The van der Waals surface area contributed by atoms with Gasteiger partial charge in [0.1, 0.15) is 0 Å². The Morgan fingerprint density at radius 2 is 0.738 bits per heavy atom. The van der Waals surface area contributed by atoms with Crippen LogP contribution in [0.3, 0.4) is 0 Å². The standard InChI is InChI=1S/C34H69NO3.C21H42O2/c1-4-7-10-13-15-16-18-21-26-33(25-20-17-14-11-8-5-2)32-38-34(37)27-22-19-24-29-35(30-31-36)28-23-12-9-6-3;1-3-5-7-9-11-12-14-16-18-21(19-23-20-22)17-15-13-10-8-6-4-2/h33,36H,4-32H2,1-3H3;20-21H,3-19H2,1-2H3. The van der Waals surface area contributed by atoms with Crippen LogP contribution in [0.2, 0.25) is 0 Å². The Hall–Kier alpha value is -1.14. The Labute approximate surface area is 383 Å². The molecule has 6 nitrogen and oxygen atoms in total. The second-order valence-corrected chi connectivity index (χ2v) is 18.9. The highest BCUT2D eigenvalue weighted by atomic mass is 16.5. The molecule has 0 heterocycles. The number of hydrogen-bond acceptors (Lipinski definition) is 6. The SMILES string of the molecule is CCCCCCCCCCC(CCCCCCCC)COC(=O)CCCCCN(CCO)CCCCCC.CCCCCCCCCCC(CCCCCCCC)COC=O. The van der Waals surface area contributed by atoms with Crippen LogP contribution >= 0.6 is 0 Å². The van der Waals surface area contributed by atoms with E-state index in [4.69, 9.17) is 9.47 Å². The predicted molar refractivity (Wildman–Crippen MR) is 267 cm³/mol. The molecule has 2 unspecified atom stereocenters. The minimum atomic E-state index is 0.000602. The van der Waals surface area contributed by atoms with Crippen LogP contribution in [0.25, 0.3) is 0 Å². The van der Waals surface area contributed by atoms with Crippen molar-refractivity contribution in [3.05, 3.63) is 0 Å². The van der Waals surface area contributed by atoms with Crippen LogP contribution in [0.4, 0.5) is 0 Å². The van der Waals surface area contributed by atoms with Gasteiger partial charge in [0.15, 0.2) is 0 Å². The van der Waals surface area contributed by atoms with Gasteiger partial charge in [0.2, 0.25) is 0 Å². The van der Waals surface area contributed by atoms with Gasteiger partial charge in [-0.15, -0.1) is 0 Å². The summed E-state index contributed by atoms with van der Waals surface area (Å²) in [5.74, 6) is 1.14. The number of rotatable bonds is 50. The number of hydrogen-bond donors (Lipinski definition) is 1. The van der Waals surface area contributed by atoms with E-state index in [1.807, 2.05) is 0 Å². The highest BCUT2D eigenvalue weighted by Gasteiger charge is 2.13. The maximum Gasteiger partial charge on any atom is 0.305 e. The number of esters is 1. The summed E-state index contributed by atoms with van der Waals surface area (Å²) in [6.45, 7) is 16.3. The molecule has 0 aromatic rings. The molecule has 0 aliphatic rings. The van der Waals surface area contributed by atoms with Crippen LogP contribution in [0.5, 0.6) is 0 Å². The summed E-state index contributed by atoms with van der Waals surface area (Å²) in [5, 5.41) is 9.34. The normalized spacial score (nSPS) is 12.3. The summed E-state index contributed by atoms with van der Waals surface area (Å²) in [4.78, 5) is 25.3. The lowest BCUT2D eigenvalue weighted by atomic mass is 9.94. The zero-order valence-corrected chi connectivity index (χ0v) is 42.3. The van der Waals surface area contributed by atoms with E-state index in [-0.39, 0.29) is 12.6 Å². The molecule has 0 rings (SSSR count). The van der Waals surface area contributed by atoms with E-state index in [2.05, 4.69) is 39.5 Å². The zero-order chi connectivity index (χ0) is 45.0. The summed E-state index contributed by atoms with van der Waals surface area (Å²) in [6, 6.07) is 0. The summed E-state index contributed by atoms with van der Waals surface area (Å²) >= 11 is 0. The number of ether oxygens (including phenoxy) is 2. The van der Waals surface area contributed by atoms with Gasteiger partial charge in [0.25, 0.3) is 6.47 Å². The molecule has 0 aliphatic carbocycles. The first kappa shape index (κ1) is 61.9. The number of unbranched alkanes of at least 4 members (excludes halogenated alkanes) is 29. The van der Waals surface area contributed by atoms with Crippen molar-refractivity contribution in [3.63, 3.8) is 0 Å². The topological polar surface area (TPSA) is 76.1 Å². The van der Waals surface area contributed by atoms with E-state index in [0.29, 0.717) is 37.9 Å². The minimum absolute atomic E-state index is 0.000602. The molecule has 0 saturated carbocycles. The summed E-state index contributed by atoms with van der Waals surface area (Å²) in [5.41, 5.74) is 0. The van der Waals surface area contributed by atoms with Gasteiger partial charge in [-0.1, -0.05) is 240 Å². The smallest absolute Gasteiger partial charge is 0.305 e. The van der Waals surface area contributed by atoms with Gasteiger partial charge in [-0.25, -0.2) is 0 Å². The first-order chi connectivity index (χ1) is 30.0. The maximum absolute atomic E-state index is 12.4. The fourth-order valence-electron chi connectivity index (χ4n) is 8.66. The molecule has 0 aliphatic heterocycles. The molecule has 61 heavy (non-hydrogen) atoms. The lowest BCUT2D eigenvalue weighted by Crippen LogP contribution is -2.29. The van der Waals surface area contributed by atoms with E-state index in [9.17, 15) is 14.7 Å². The van der Waals surface area contributed by atoms with Crippen molar-refractivity contribution in [2.45, 2.75) is 291 Å². The molecular formula is C55H111NO5. The van der Waals surface area contributed by atoms with E-state index in [1.165, 1.54) is 231 Å². The Morgan fingerprint density at radius 1 is 0.426 bits per heavy atom. The molecule has 0 amide bonds. The Kier molecular flexibility index (Phi) is 55.8. The summed E-state index contributed by atoms with van der Waals surface area (Å²) in [7, 11) is 0. The third kappa shape index (κ3) is 51.4. The van der Waals surface area contributed by atoms with Gasteiger partial charge < -0.3 is 19.5 Å². The van der Waals surface area contributed by atoms with Crippen LogP contribution < -0.4 is 0 Å². The number of nitrogens with zero attached hydrogens (tertiary/aromatic N) is 1. The number of carbonyl (C=O) groups is 2. The lowest BCUT2D eigenvalue weighted by Gasteiger charge is -2.21. The van der Waals surface area contributed by atoms with E-state index in [0.717, 1.165) is 38.9 Å². The molecule has 0 bridgehead atoms. The molecule has 366 valence electrons. The highest BCUT2D eigenvalue weighted by molar-refractivity contribution is 5.69. The number of aliphatic hydroxyl groups is 1. The molecule has 0 spiro atoms. The Balaban J connectivity index is 0. The predicted octanol–water partition coefficient (Wildman–Crippen LogP) is 16.9. The van der Waals surface area contributed by atoms with Gasteiger partial charge in [0.05, 0.1) is 19.8 Å². The fourth-order valence-corrected chi connectivity index (χ4v) is 8.66. The monoisotopic (exact) mass is 866 g/mol. The van der Waals surface area contributed by atoms with Crippen LogP contribution in [-0.2, 0) is 19.1 Å². The zero-order valence-electron chi connectivity index (χ0n) is 42.3. The molecule has 0 aromatic carbocycles. The molecular weight excluding hydrogens is 755 g/mol. The number of aliphatic hydroxyl groups excluding tert-OH is 1. The largest absolute Gasteiger partial charge is 0.468 e. The average molecular weight is 866 g/mol. The molecule has 0 aromatic heterocycles. The lowest BCUT2D eigenvalue weighted by molar-refractivity contribution is -0.145. The van der Waals surface area contributed by atoms with Crippen molar-refractivity contribution in [2.75, 3.05) is 39.5 Å². The van der Waals surface area contributed by atoms with Crippen molar-refractivity contribution in [2.24, 2.45) is 11.8 Å². The van der Waals surface area contributed by atoms with E-state index >= 15 is 0 Å². The first-order valence-electron chi connectivity index (χ1n) is 27.6. The third-order valence-corrected chi connectivity index (χ3v) is 12.8. The highest BCUT2D eigenvalue weighted by Crippen LogP contribution is 2.22. The maximum atomic E-state index is 12.4. The molecule has 0 fully saturated rings. The quantitative estimate of drug-likeness (QED) is 0.0373. The van der Waals surface area contributed by atoms with Crippen LogP contribution in [0.15, 0.2) is 0 Å². The fraction of sp³-hybridized carbons (Fsp3) is 0.964. The summed E-state index contributed by atoms with van der Waals surface area (Å²) < 4.78 is 10.8. The third-order valence-electron chi connectivity index (χ3n) is 12.8. The molecule has 0 saturated heterocycles. The van der Waals surface area contributed by atoms with Crippen LogP contribution in [0, 0.1) is 11.8 Å². The minimum Gasteiger partial charge on any atom is -0.468 e. The molecule has 0 radical (unpaired) electrons. The van der Waals surface area contributed by atoms with E-state index < -0.39 is 0 Å². The van der Waals surface area contributed by atoms with Gasteiger partial charge in [-0.2, -0.15) is 0 Å². The number of carbonyl (C=O) groups excluding carboxylic acids is 2. The molecule has 6 heteroatoms. The second kappa shape index (κ2) is 55.0. The first-order valence-corrected chi connectivity index (χ1v) is 27.6. The van der Waals surface area contributed by atoms with Crippen molar-refractivity contribution >= 4 is 12.4 Å². The van der Waals surface area contributed by atoms with Gasteiger partial charge in [0, 0.05) is 13.0 Å². The van der Waals surface area contributed by atoms with E-state index in [1.54, 1.807) is 0 Å². The summed E-state index contributed by atoms with van der Waals surface area (Å²) in [6.07, 6.45) is 51.5. The average Bonchev–Trinajstić information content (AvgIpc) is 3.27. The van der Waals surface area contributed by atoms with Crippen molar-refractivity contribution in [1.82, 2.24) is 4.90 Å². The molecule has 2 atom stereocenters. The van der Waals surface area contributed by atoms with Crippen LogP contribution in [0.1, 0.15) is 291 Å². The van der Waals surface area contributed by atoms with Gasteiger partial charge >= 0.3 is 5.97 Å². The van der Waals surface area contributed by atoms with Crippen molar-refractivity contribution in [3.8, 4) is 0 Å². The van der Waals surface area contributed by atoms with Crippen LogP contribution in [-0.4, -0.2) is 61.9 Å². The Bertz CT molecular complexity index is 824. The van der Waals surface area contributed by atoms with Gasteiger partial charge in [-0.3, -0.25) is 9.59 Å². The van der Waals surface area contributed by atoms with Crippen molar-refractivity contribution < 1.29 is 24.2 Å². The van der Waals surface area contributed by atoms with Crippen molar-refractivity contribution in [1.29, 1.82) is 0 Å². The second-order valence-electron chi connectivity index (χ2n) is 18.9.